The minimum atomic E-state index is 0. The third-order valence-electron chi connectivity index (χ3n) is 3.04. The molecular formula is C13H19ClN2O. The molecule has 17 heavy (non-hydrogen) atoms. The van der Waals surface area contributed by atoms with Crippen LogP contribution in [0.2, 0.25) is 0 Å². The highest BCUT2D eigenvalue weighted by Crippen LogP contribution is 2.08. The smallest absolute Gasteiger partial charge is 0.224 e. The van der Waals surface area contributed by atoms with Gasteiger partial charge in [-0.05, 0) is 31.0 Å². The number of nitrogens with one attached hydrogen (secondary N) is 2. The lowest BCUT2D eigenvalue weighted by Crippen LogP contribution is -2.37. The molecule has 0 radical (unpaired) electrons. The summed E-state index contributed by atoms with van der Waals surface area (Å²) >= 11 is 0. The number of rotatable bonds is 3. The van der Waals surface area contributed by atoms with E-state index in [-0.39, 0.29) is 18.3 Å². The lowest BCUT2D eigenvalue weighted by molar-refractivity contribution is -0.121. The summed E-state index contributed by atoms with van der Waals surface area (Å²) in [4.78, 5) is 11.8. The molecule has 1 heterocycles. The van der Waals surface area contributed by atoms with Crippen LogP contribution in [0.25, 0.3) is 0 Å². The molecule has 2 rings (SSSR count). The van der Waals surface area contributed by atoms with E-state index in [0.717, 1.165) is 25.1 Å². The molecule has 3 nitrogen and oxygen atoms in total. The van der Waals surface area contributed by atoms with Crippen molar-refractivity contribution in [2.75, 3.05) is 13.1 Å². The number of hydrogen-bond donors (Lipinski definition) is 2. The lowest BCUT2D eigenvalue weighted by atomic mass is 10.1. The molecule has 1 unspecified atom stereocenters. The van der Waals surface area contributed by atoms with Crippen LogP contribution >= 0.6 is 12.4 Å². The molecule has 1 aromatic rings. The molecule has 1 aliphatic heterocycles. The van der Waals surface area contributed by atoms with Crippen LogP contribution in [0.5, 0.6) is 0 Å². The molecule has 1 amide bonds. The highest BCUT2D eigenvalue weighted by Gasteiger charge is 2.16. The Bertz CT molecular complexity index is 375. The summed E-state index contributed by atoms with van der Waals surface area (Å²) < 4.78 is 0. The van der Waals surface area contributed by atoms with Crippen LogP contribution in [0, 0.1) is 6.92 Å². The van der Waals surface area contributed by atoms with Gasteiger partial charge in [-0.1, -0.05) is 24.3 Å². The number of benzene rings is 1. The van der Waals surface area contributed by atoms with E-state index in [0.29, 0.717) is 12.5 Å². The van der Waals surface area contributed by atoms with E-state index in [9.17, 15) is 4.79 Å². The Morgan fingerprint density at radius 2 is 2.24 bits per heavy atom. The molecule has 1 saturated heterocycles. The highest BCUT2D eigenvalue weighted by atomic mass is 35.5. The molecule has 94 valence electrons. The second-order valence-corrected chi connectivity index (χ2v) is 4.36. The van der Waals surface area contributed by atoms with E-state index < -0.39 is 0 Å². The molecule has 1 aliphatic rings. The van der Waals surface area contributed by atoms with E-state index in [4.69, 9.17) is 0 Å². The van der Waals surface area contributed by atoms with E-state index in [1.165, 1.54) is 5.56 Å². The Morgan fingerprint density at radius 3 is 2.88 bits per heavy atom. The summed E-state index contributed by atoms with van der Waals surface area (Å²) in [6, 6.07) is 8.35. The first-order valence-corrected chi connectivity index (χ1v) is 5.80. The van der Waals surface area contributed by atoms with Crippen molar-refractivity contribution in [2.45, 2.75) is 25.8 Å². The molecule has 1 aromatic carbocycles. The minimum absolute atomic E-state index is 0. The number of halogens is 1. The predicted molar refractivity (Wildman–Crippen MR) is 71.5 cm³/mol. The van der Waals surface area contributed by atoms with Gasteiger partial charge in [-0.25, -0.2) is 0 Å². The van der Waals surface area contributed by atoms with Gasteiger partial charge in [-0.15, -0.1) is 12.4 Å². The summed E-state index contributed by atoms with van der Waals surface area (Å²) in [5.41, 5.74) is 2.30. The summed E-state index contributed by atoms with van der Waals surface area (Å²) in [5, 5.41) is 6.29. The van der Waals surface area contributed by atoms with Crippen molar-refractivity contribution in [3.8, 4) is 0 Å². The quantitative estimate of drug-likeness (QED) is 0.857. The van der Waals surface area contributed by atoms with Gasteiger partial charge in [0.15, 0.2) is 0 Å². The Morgan fingerprint density at radius 1 is 1.47 bits per heavy atom. The summed E-state index contributed by atoms with van der Waals surface area (Å²) in [5.74, 6) is 0.128. The fraction of sp³-hybridized carbons (Fsp3) is 0.462. The molecular weight excluding hydrogens is 236 g/mol. The van der Waals surface area contributed by atoms with Gasteiger partial charge >= 0.3 is 0 Å². The van der Waals surface area contributed by atoms with Gasteiger partial charge in [0, 0.05) is 12.6 Å². The van der Waals surface area contributed by atoms with Crippen molar-refractivity contribution in [3.63, 3.8) is 0 Å². The van der Waals surface area contributed by atoms with Gasteiger partial charge in [0.2, 0.25) is 5.91 Å². The number of carbonyl (C=O) groups excluding carboxylic acids is 1. The first-order valence-electron chi connectivity index (χ1n) is 5.80. The zero-order valence-corrected chi connectivity index (χ0v) is 10.8. The van der Waals surface area contributed by atoms with E-state index in [1.807, 2.05) is 31.2 Å². The van der Waals surface area contributed by atoms with Crippen LogP contribution < -0.4 is 10.6 Å². The lowest BCUT2D eigenvalue weighted by Gasteiger charge is -2.12. The van der Waals surface area contributed by atoms with Crippen molar-refractivity contribution in [3.05, 3.63) is 35.4 Å². The van der Waals surface area contributed by atoms with Crippen LogP contribution in [-0.4, -0.2) is 25.0 Å². The van der Waals surface area contributed by atoms with Crippen molar-refractivity contribution < 1.29 is 4.79 Å². The Labute approximate surface area is 108 Å². The van der Waals surface area contributed by atoms with Crippen LogP contribution in [0.15, 0.2) is 24.3 Å². The van der Waals surface area contributed by atoms with Crippen LogP contribution in [0.4, 0.5) is 0 Å². The van der Waals surface area contributed by atoms with Gasteiger partial charge in [0.05, 0.1) is 6.42 Å². The molecule has 0 aliphatic carbocycles. The number of hydrogen-bond acceptors (Lipinski definition) is 2. The zero-order chi connectivity index (χ0) is 11.4. The summed E-state index contributed by atoms with van der Waals surface area (Å²) in [7, 11) is 0. The second kappa shape index (κ2) is 6.62. The molecule has 0 saturated carbocycles. The van der Waals surface area contributed by atoms with Crippen molar-refractivity contribution in [1.29, 1.82) is 0 Å². The number of aryl methyl sites for hydroxylation is 1. The Kier molecular flexibility index (Phi) is 5.45. The molecule has 0 aromatic heterocycles. The second-order valence-electron chi connectivity index (χ2n) is 4.36. The van der Waals surface area contributed by atoms with Gasteiger partial charge in [-0.3, -0.25) is 4.79 Å². The fourth-order valence-electron chi connectivity index (χ4n) is 2.04. The maximum atomic E-state index is 11.8. The number of carbonyl (C=O) groups is 1. The predicted octanol–water partition coefficient (Wildman–Crippen LogP) is 1.44. The number of amides is 1. The third-order valence-corrected chi connectivity index (χ3v) is 3.04. The Hall–Kier alpha value is -1.06. The third kappa shape index (κ3) is 4.02. The van der Waals surface area contributed by atoms with Crippen molar-refractivity contribution in [1.82, 2.24) is 10.6 Å². The molecule has 1 atom stereocenters. The van der Waals surface area contributed by atoms with Crippen LogP contribution in [-0.2, 0) is 11.2 Å². The highest BCUT2D eigenvalue weighted by molar-refractivity contribution is 5.85. The SMILES string of the molecule is Cc1ccccc1CC(=O)NC1CCNC1.Cl. The van der Waals surface area contributed by atoms with Crippen LogP contribution in [0.3, 0.4) is 0 Å². The van der Waals surface area contributed by atoms with Crippen LogP contribution in [0.1, 0.15) is 17.5 Å². The molecule has 2 N–H and O–H groups in total. The minimum Gasteiger partial charge on any atom is -0.352 e. The first-order chi connectivity index (χ1) is 7.75. The monoisotopic (exact) mass is 254 g/mol. The average molecular weight is 255 g/mol. The first kappa shape index (κ1) is 14.0. The van der Waals surface area contributed by atoms with Crippen molar-refractivity contribution >= 4 is 18.3 Å². The van der Waals surface area contributed by atoms with Gasteiger partial charge < -0.3 is 10.6 Å². The molecule has 0 spiro atoms. The summed E-state index contributed by atoms with van der Waals surface area (Å²) in [6.07, 6.45) is 1.53. The molecule has 4 heteroatoms. The van der Waals surface area contributed by atoms with Gasteiger partial charge in [0.25, 0.3) is 0 Å². The fourth-order valence-corrected chi connectivity index (χ4v) is 2.04. The van der Waals surface area contributed by atoms with Crippen molar-refractivity contribution in [2.24, 2.45) is 0 Å². The standard InChI is InChI=1S/C13H18N2O.ClH/c1-10-4-2-3-5-11(10)8-13(16)15-12-6-7-14-9-12;/h2-5,12,14H,6-9H2,1H3,(H,15,16);1H. The molecule has 0 bridgehead atoms. The van der Waals surface area contributed by atoms with E-state index in [1.54, 1.807) is 0 Å². The summed E-state index contributed by atoms with van der Waals surface area (Å²) in [6.45, 7) is 3.95. The van der Waals surface area contributed by atoms with Gasteiger partial charge in [0.1, 0.15) is 0 Å². The van der Waals surface area contributed by atoms with E-state index >= 15 is 0 Å². The van der Waals surface area contributed by atoms with Gasteiger partial charge in [-0.2, -0.15) is 0 Å². The topological polar surface area (TPSA) is 41.1 Å². The average Bonchev–Trinajstić information content (AvgIpc) is 2.74. The maximum absolute atomic E-state index is 11.8. The molecule has 1 fully saturated rings. The Balaban J connectivity index is 0.00000144. The van der Waals surface area contributed by atoms with E-state index in [2.05, 4.69) is 10.6 Å². The largest absolute Gasteiger partial charge is 0.352 e. The zero-order valence-electron chi connectivity index (χ0n) is 10.0. The normalized spacial score (nSPS) is 18.5. The maximum Gasteiger partial charge on any atom is 0.224 e.